The van der Waals surface area contributed by atoms with Crippen molar-refractivity contribution < 1.29 is 4.79 Å². The van der Waals surface area contributed by atoms with Gasteiger partial charge in [0.15, 0.2) is 0 Å². The fourth-order valence-corrected chi connectivity index (χ4v) is 3.56. The maximum absolute atomic E-state index is 12.4. The van der Waals surface area contributed by atoms with Crippen LogP contribution in [-0.4, -0.2) is 15.5 Å². The van der Waals surface area contributed by atoms with E-state index in [0.717, 1.165) is 49.9 Å². The highest BCUT2D eigenvalue weighted by molar-refractivity contribution is 5.92. The Kier molecular flexibility index (Phi) is 5.34. The zero-order valence-electron chi connectivity index (χ0n) is 14.7. The predicted octanol–water partition coefficient (Wildman–Crippen LogP) is 4.65. The van der Waals surface area contributed by atoms with Crippen LogP contribution in [-0.2, 0) is 17.8 Å². The Morgan fingerprint density at radius 2 is 1.92 bits per heavy atom. The van der Waals surface area contributed by atoms with Gasteiger partial charge in [-0.15, -0.1) is 0 Å². The first kappa shape index (κ1) is 16.7. The van der Waals surface area contributed by atoms with Crippen molar-refractivity contribution >= 4 is 11.6 Å². The number of fused-ring (bicyclic) bond motifs is 1. The molecule has 128 valence electrons. The Morgan fingerprint density at radius 3 is 2.58 bits per heavy atom. The molecule has 1 aliphatic heterocycles. The van der Waals surface area contributed by atoms with Crippen molar-refractivity contribution in [2.75, 3.05) is 5.32 Å². The van der Waals surface area contributed by atoms with Gasteiger partial charge in [-0.2, -0.15) is 0 Å². The molecule has 2 aromatic rings. The summed E-state index contributed by atoms with van der Waals surface area (Å²) in [5, 5.41) is 3.08. The van der Waals surface area contributed by atoms with Crippen LogP contribution in [0.4, 0.5) is 5.69 Å². The van der Waals surface area contributed by atoms with Crippen LogP contribution >= 0.6 is 0 Å². The minimum absolute atomic E-state index is 0.123. The van der Waals surface area contributed by atoms with Crippen LogP contribution in [0.2, 0.25) is 0 Å². The molecule has 4 nitrogen and oxygen atoms in total. The molecule has 1 amide bonds. The summed E-state index contributed by atoms with van der Waals surface area (Å²) in [7, 11) is 0. The molecule has 0 bridgehead atoms. The largest absolute Gasteiger partial charge is 0.328 e. The van der Waals surface area contributed by atoms with Gasteiger partial charge in [0.05, 0.1) is 11.9 Å². The molecule has 24 heavy (non-hydrogen) atoms. The highest BCUT2D eigenvalue weighted by atomic mass is 16.1. The summed E-state index contributed by atoms with van der Waals surface area (Å²) in [5.41, 5.74) is 3.21. The van der Waals surface area contributed by atoms with Gasteiger partial charge in [-0.05, 0) is 37.0 Å². The summed E-state index contributed by atoms with van der Waals surface area (Å²) >= 11 is 0. The number of rotatable bonds is 7. The molecular weight excluding hydrogens is 298 g/mol. The molecule has 0 saturated heterocycles. The second-order valence-corrected chi connectivity index (χ2v) is 6.66. The average Bonchev–Trinajstić information content (AvgIpc) is 3.19. The molecule has 0 radical (unpaired) electrons. The van der Waals surface area contributed by atoms with Crippen molar-refractivity contribution in [1.29, 1.82) is 0 Å². The molecular formula is C20H27N3O. The lowest BCUT2D eigenvalue weighted by Crippen LogP contribution is -2.22. The number of aromatic nitrogens is 2. The van der Waals surface area contributed by atoms with Crippen LogP contribution in [0.5, 0.6) is 0 Å². The Bertz CT molecular complexity index is 681. The van der Waals surface area contributed by atoms with Crippen LogP contribution in [0, 0.1) is 5.92 Å². The quantitative estimate of drug-likeness (QED) is 0.805. The number of nitrogens with one attached hydrogen (secondary N) is 1. The smallest absolute Gasteiger partial charge is 0.227 e. The molecule has 1 aliphatic rings. The van der Waals surface area contributed by atoms with Gasteiger partial charge in [0, 0.05) is 24.6 Å². The summed E-state index contributed by atoms with van der Waals surface area (Å²) in [5.74, 6) is 1.46. The molecule has 1 aromatic heterocycles. The predicted molar refractivity (Wildman–Crippen MR) is 97.9 cm³/mol. The lowest BCUT2D eigenvalue weighted by molar-refractivity contribution is -0.120. The number of carbonyl (C=O) groups excluding carboxylic acids is 1. The Balaban J connectivity index is 1.69. The van der Waals surface area contributed by atoms with E-state index >= 15 is 0 Å². The Morgan fingerprint density at radius 1 is 1.21 bits per heavy atom. The number of benzene rings is 1. The van der Waals surface area contributed by atoms with Crippen molar-refractivity contribution in [1.82, 2.24) is 9.55 Å². The maximum atomic E-state index is 12.4. The number of aryl methyl sites for hydroxylation is 1. The average molecular weight is 325 g/mol. The molecule has 3 rings (SSSR count). The van der Waals surface area contributed by atoms with E-state index in [2.05, 4.69) is 40.8 Å². The summed E-state index contributed by atoms with van der Waals surface area (Å²) in [6.45, 7) is 5.32. The molecule has 0 unspecified atom stereocenters. The van der Waals surface area contributed by atoms with Crippen molar-refractivity contribution in [3.63, 3.8) is 0 Å². The van der Waals surface area contributed by atoms with E-state index in [1.807, 2.05) is 18.3 Å². The first-order valence-corrected chi connectivity index (χ1v) is 9.18. The monoisotopic (exact) mass is 325 g/mol. The number of amides is 1. The fraction of sp³-hybridized carbons (Fsp3) is 0.500. The van der Waals surface area contributed by atoms with Crippen molar-refractivity contribution in [3.05, 3.63) is 36.3 Å². The molecule has 4 heteroatoms. The van der Waals surface area contributed by atoms with Crippen LogP contribution in [0.1, 0.15) is 51.8 Å². The van der Waals surface area contributed by atoms with Gasteiger partial charge in [0.25, 0.3) is 0 Å². The first-order valence-electron chi connectivity index (χ1n) is 9.18. The van der Waals surface area contributed by atoms with Crippen molar-refractivity contribution in [2.24, 2.45) is 5.92 Å². The van der Waals surface area contributed by atoms with Gasteiger partial charge >= 0.3 is 0 Å². The third kappa shape index (κ3) is 3.53. The standard InChI is InChI=1S/C20H27N3O/c1-3-6-16(7-4-2)20(24)22-17-11-9-15(10-12-17)18-14-21-19-8-5-13-23(18)19/h9-12,14,16H,3-8,13H2,1-2H3,(H,22,24). The molecule has 2 heterocycles. The van der Waals surface area contributed by atoms with Gasteiger partial charge in [0.1, 0.15) is 5.82 Å². The van der Waals surface area contributed by atoms with Gasteiger partial charge in [-0.3, -0.25) is 4.79 Å². The molecule has 1 aromatic carbocycles. The van der Waals surface area contributed by atoms with Crippen LogP contribution in [0.25, 0.3) is 11.3 Å². The summed E-state index contributed by atoms with van der Waals surface area (Å²) in [6, 6.07) is 8.15. The molecule has 0 saturated carbocycles. The van der Waals surface area contributed by atoms with E-state index in [0.29, 0.717) is 0 Å². The minimum Gasteiger partial charge on any atom is -0.328 e. The first-order chi connectivity index (χ1) is 11.7. The summed E-state index contributed by atoms with van der Waals surface area (Å²) in [6.07, 6.45) is 8.22. The zero-order chi connectivity index (χ0) is 16.9. The third-order valence-corrected chi connectivity index (χ3v) is 4.81. The van der Waals surface area contributed by atoms with E-state index in [1.54, 1.807) is 0 Å². The summed E-state index contributed by atoms with van der Waals surface area (Å²) in [4.78, 5) is 16.9. The molecule has 0 aliphatic carbocycles. The normalized spacial score (nSPS) is 13.3. The van der Waals surface area contributed by atoms with Crippen LogP contribution < -0.4 is 5.32 Å². The highest BCUT2D eigenvalue weighted by Crippen LogP contribution is 2.27. The topological polar surface area (TPSA) is 46.9 Å². The molecule has 0 atom stereocenters. The molecule has 1 N–H and O–H groups in total. The van der Waals surface area contributed by atoms with Crippen LogP contribution in [0.15, 0.2) is 30.5 Å². The van der Waals surface area contributed by atoms with E-state index in [9.17, 15) is 4.79 Å². The third-order valence-electron chi connectivity index (χ3n) is 4.81. The molecule has 0 fully saturated rings. The number of nitrogens with zero attached hydrogens (tertiary/aromatic N) is 2. The second kappa shape index (κ2) is 7.65. The second-order valence-electron chi connectivity index (χ2n) is 6.66. The Hall–Kier alpha value is -2.10. The number of hydrogen-bond donors (Lipinski definition) is 1. The van der Waals surface area contributed by atoms with E-state index in [4.69, 9.17) is 0 Å². The SMILES string of the molecule is CCCC(CCC)C(=O)Nc1ccc(-c2cnc3n2CCC3)cc1. The van der Waals surface area contributed by atoms with Gasteiger partial charge < -0.3 is 9.88 Å². The molecule has 0 spiro atoms. The lowest BCUT2D eigenvalue weighted by atomic mass is 9.97. The van der Waals surface area contributed by atoms with Gasteiger partial charge in [0.2, 0.25) is 5.91 Å². The Labute approximate surface area is 144 Å². The fourth-order valence-electron chi connectivity index (χ4n) is 3.56. The van der Waals surface area contributed by atoms with E-state index in [1.165, 1.54) is 17.9 Å². The van der Waals surface area contributed by atoms with Crippen LogP contribution in [0.3, 0.4) is 0 Å². The number of carbonyl (C=O) groups is 1. The van der Waals surface area contributed by atoms with Crippen molar-refractivity contribution in [3.8, 4) is 11.3 Å². The van der Waals surface area contributed by atoms with Gasteiger partial charge in [-0.25, -0.2) is 4.98 Å². The number of hydrogen-bond acceptors (Lipinski definition) is 2. The highest BCUT2D eigenvalue weighted by Gasteiger charge is 2.18. The van der Waals surface area contributed by atoms with Crippen molar-refractivity contribution in [2.45, 2.75) is 58.9 Å². The lowest BCUT2D eigenvalue weighted by Gasteiger charge is -2.15. The van der Waals surface area contributed by atoms with E-state index in [-0.39, 0.29) is 11.8 Å². The van der Waals surface area contributed by atoms with Gasteiger partial charge in [-0.1, -0.05) is 38.8 Å². The minimum atomic E-state index is 0.123. The van der Waals surface area contributed by atoms with E-state index < -0.39 is 0 Å². The zero-order valence-corrected chi connectivity index (χ0v) is 14.7. The number of imidazole rings is 1. The number of anilines is 1. The maximum Gasteiger partial charge on any atom is 0.227 e. The summed E-state index contributed by atoms with van der Waals surface area (Å²) < 4.78 is 2.30.